The molecule has 0 fully saturated rings. The van der Waals surface area contributed by atoms with Gasteiger partial charge in [-0.1, -0.05) is 55.5 Å². The Morgan fingerprint density at radius 1 is 1.11 bits per heavy atom. The molecule has 1 aromatic heterocycles. The van der Waals surface area contributed by atoms with Gasteiger partial charge in [0.05, 0.1) is 12.6 Å². The van der Waals surface area contributed by atoms with Crippen molar-refractivity contribution < 1.29 is 4.79 Å². The lowest BCUT2D eigenvalue weighted by Crippen LogP contribution is -2.38. The monoisotopic (exact) mass is 376 g/mol. The van der Waals surface area contributed by atoms with Crippen LogP contribution in [-0.2, 0) is 17.6 Å². The van der Waals surface area contributed by atoms with E-state index in [0.717, 1.165) is 25.1 Å². The molecule has 3 aromatic rings. The summed E-state index contributed by atoms with van der Waals surface area (Å²) in [6.07, 6.45) is 1.97. The number of aryl methyl sites for hydroxylation is 1. The summed E-state index contributed by atoms with van der Waals surface area (Å²) in [7, 11) is 0. The van der Waals surface area contributed by atoms with E-state index in [1.807, 2.05) is 23.1 Å². The van der Waals surface area contributed by atoms with Gasteiger partial charge in [-0.25, -0.2) is 0 Å². The van der Waals surface area contributed by atoms with Crippen molar-refractivity contribution in [3.63, 3.8) is 0 Å². The predicted octanol–water partition coefficient (Wildman–Crippen LogP) is 4.58. The lowest BCUT2D eigenvalue weighted by Gasteiger charge is -2.22. The molecule has 1 N–H and O–H groups in total. The van der Waals surface area contributed by atoms with Crippen LogP contribution in [0.4, 0.5) is 5.69 Å². The van der Waals surface area contributed by atoms with Crippen molar-refractivity contribution in [3.8, 4) is 0 Å². The molecule has 2 heterocycles. The van der Waals surface area contributed by atoms with E-state index in [4.69, 9.17) is 0 Å². The first kappa shape index (κ1) is 18.0. The van der Waals surface area contributed by atoms with E-state index >= 15 is 0 Å². The van der Waals surface area contributed by atoms with E-state index in [2.05, 4.69) is 60.1 Å². The van der Waals surface area contributed by atoms with Gasteiger partial charge in [-0.05, 0) is 47.0 Å². The molecule has 4 heteroatoms. The number of anilines is 1. The van der Waals surface area contributed by atoms with Crippen LogP contribution in [0.15, 0.2) is 66.0 Å². The van der Waals surface area contributed by atoms with Crippen molar-refractivity contribution in [3.05, 3.63) is 87.6 Å². The molecule has 0 aliphatic carbocycles. The largest absolute Gasteiger partial charge is 0.311 e. The fraction of sp³-hybridized carbons (Fsp3) is 0.261. The number of carbonyl (C=O) groups excluding carboxylic acids is 1. The van der Waals surface area contributed by atoms with Gasteiger partial charge in [-0.15, -0.1) is 11.3 Å². The number of carbonyl (C=O) groups is 1. The number of fused-ring (bicyclic) bond motifs is 1. The molecular weight excluding hydrogens is 352 g/mol. The van der Waals surface area contributed by atoms with Gasteiger partial charge < -0.3 is 4.90 Å². The highest BCUT2D eigenvalue weighted by atomic mass is 32.1. The number of amides is 1. The number of rotatable bonds is 6. The van der Waals surface area contributed by atoms with Gasteiger partial charge in [0.15, 0.2) is 0 Å². The van der Waals surface area contributed by atoms with E-state index < -0.39 is 0 Å². The lowest BCUT2D eigenvalue weighted by atomic mass is 10.0. The molecular formula is C23H24N2OS. The number of hydrogen-bond acceptors (Lipinski definition) is 3. The third-order valence-corrected chi connectivity index (χ3v) is 6.13. The average molecular weight is 377 g/mol. The molecule has 0 bridgehead atoms. The quantitative estimate of drug-likeness (QED) is 0.683. The fourth-order valence-corrected chi connectivity index (χ4v) is 4.49. The zero-order valence-electron chi connectivity index (χ0n) is 15.5. The number of hydrogen-bond donors (Lipinski definition) is 1. The first-order chi connectivity index (χ1) is 13.3. The minimum Gasteiger partial charge on any atom is -0.311 e. The molecule has 2 aromatic carbocycles. The van der Waals surface area contributed by atoms with Crippen molar-refractivity contribution >= 4 is 22.9 Å². The van der Waals surface area contributed by atoms with Crippen LogP contribution in [0.2, 0.25) is 0 Å². The Balaban J connectivity index is 1.50. The first-order valence-electron chi connectivity index (χ1n) is 9.50. The van der Waals surface area contributed by atoms with Gasteiger partial charge >= 0.3 is 0 Å². The molecule has 1 aliphatic rings. The summed E-state index contributed by atoms with van der Waals surface area (Å²) in [5, 5.41) is 5.59. The van der Waals surface area contributed by atoms with Crippen LogP contribution in [0.5, 0.6) is 0 Å². The van der Waals surface area contributed by atoms with Crippen LogP contribution >= 0.6 is 11.3 Å². The van der Waals surface area contributed by atoms with E-state index in [9.17, 15) is 4.79 Å². The molecule has 1 atom stereocenters. The number of nitrogens with zero attached hydrogens (tertiary/aromatic N) is 1. The summed E-state index contributed by atoms with van der Waals surface area (Å²) < 4.78 is 0. The molecule has 27 heavy (non-hydrogen) atoms. The zero-order valence-corrected chi connectivity index (χ0v) is 16.3. The van der Waals surface area contributed by atoms with Gasteiger partial charge in [-0.2, -0.15) is 0 Å². The highest BCUT2D eigenvalue weighted by Crippen LogP contribution is 2.29. The molecule has 0 radical (unpaired) electrons. The summed E-state index contributed by atoms with van der Waals surface area (Å²) in [4.78, 5) is 16.0. The molecule has 138 valence electrons. The minimum atomic E-state index is 0.0395. The SMILES string of the molecule is CCc1ccc([C@H](NCC(=O)N2CCc3ccccc32)c2cccs2)cc1. The maximum absolute atomic E-state index is 12.9. The van der Waals surface area contributed by atoms with E-state index in [-0.39, 0.29) is 11.9 Å². The second kappa shape index (κ2) is 8.07. The topological polar surface area (TPSA) is 32.3 Å². The number of para-hydroxylation sites is 1. The molecule has 0 unspecified atom stereocenters. The molecule has 4 rings (SSSR count). The van der Waals surface area contributed by atoms with E-state index in [0.29, 0.717) is 6.54 Å². The van der Waals surface area contributed by atoms with Crippen LogP contribution in [0.3, 0.4) is 0 Å². The number of nitrogens with one attached hydrogen (secondary N) is 1. The van der Waals surface area contributed by atoms with Crippen LogP contribution < -0.4 is 10.2 Å². The zero-order chi connectivity index (χ0) is 18.6. The van der Waals surface area contributed by atoms with Gasteiger partial charge in [0.25, 0.3) is 0 Å². The highest BCUT2D eigenvalue weighted by molar-refractivity contribution is 7.10. The van der Waals surface area contributed by atoms with Crippen molar-refractivity contribution in [2.24, 2.45) is 0 Å². The van der Waals surface area contributed by atoms with Crippen molar-refractivity contribution in [1.29, 1.82) is 0 Å². The second-order valence-corrected chi connectivity index (χ2v) is 7.83. The minimum absolute atomic E-state index is 0.0395. The van der Waals surface area contributed by atoms with Crippen LogP contribution in [-0.4, -0.2) is 19.0 Å². The summed E-state index contributed by atoms with van der Waals surface area (Å²) in [5.74, 6) is 0.131. The summed E-state index contributed by atoms with van der Waals surface area (Å²) in [6, 6.07) is 21.1. The Bertz CT molecular complexity index is 902. The van der Waals surface area contributed by atoms with Gasteiger partial charge in [-0.3, -0.25) is 10.1 Å². The third kappa shape index (κ3) is 3.82. The van der Waals surface area contributed by atoms with E-state index in [1.54, 1.807) is 11.3 Å². The normalized spacial score (nSPS) is 14.2. The van der Waals surface area contributed by atoms with Crippen molar-refractivity contribution in [2.75, 3.05) is 18.0 Å². The summed E-state index contributed by atoms with van der Waals surface area (Å²) >= 11 is 1.72. The molecule has 1 amide bonds. The van der Waals surface area contributed by atoms with Crippen LogP contribution in [0, 0.1) is 0 Å². The summed E-state index contributed by atoms with van der Waals surface area (Å²) in [6.45, 7) is 3.26. The Morgan fingerprint density at radius 2 is 1.93 bits per heavy atom. The first-order valence-corrected chi connectivity index (χ1v) is 10.4. The molecule has 3 nitrogen and oxygen atoms in total. The Morgan fingerprint density at radius 3 is 2.67 bits per heavy atom. The third-order valence-electron chi connectivity index (χ3n) is 5.19. The standard InChI is InChI=1S/C23H24N2OS/c1-2-17-9-11-19(12-10-17)23(21-8-5-15-27-21)24-16-22(26)25-14-13-18-6-3-4-7-20(18)25/h3-12,15,23-24H,2,13-14,16H2,1H3/t23-/m0/s1. The van der Waals surface area contributed by atoms with E-state index in [1.165, 1.54) is 21.6 Å². The van der Waals surface area contributed by atoms with Crippen LogP contribution in [0.1, 0.15) is 34.5 Å². The molecule has 1 aliphatic heterocycles. The maximum atomic E-state index is 12.9. The molecule has 0 saturated heterocycles. The van der Waals surface area contributed by atoms with Crippen molar-refractivity contribution in [1.82, 2.24) is 5.32 Å². The Kier molecular flexibility index (Phi) is 5.37. The Hall–Kier alpha value is -2.43. The number of benzene rings is 2. The number of thiophene rings is 1. The lowest BCUT2D eigenvalue weighted by molar-refractivity contribution is -0.117. The van der Waals surface area contributed by atoms with Crippen LogP contribution in [0.25, 0.3) is 0 Å². The molecule has 0 saturated carbocycles. The predicted molar refractivity (Wildman–Crippen MR) is 112 cm³/mol. The Labute approximate surface area is 164 Å². The molecule has 0 spiro atoms. The summed E-state index contributed by atoms with van der Waals surface area (Å²) in [5.41, 5.74) is 4.85. The second-order valence-electron chi connectivity index (χ2n) is 6.85. The maximum Gasteiger partial charge on any atom is 0.240 e. The van der Waals surface area contributed by atoms with Gasteiger partial charge in [0.1, 0.15) is 0 Å². The van der Waals surface area contributed by atoms with Gasteiger partial charge in [0.2, 0.25) is 5.91 Å². The van der Waals surface area contributed by atoms with Gasteiger partial charge in [0, 0.05) is 17.1 Å². The average Bonchev–Trinajstić information content (AvgIpc) is 3.38. The highest BCUT2D eigenvalue weighted by Gasteiger charge is 2.25. The smallest absolute Gasteiger partial charge is 0.240 e. The fourth-order valence-electron chi connectivity index (χ4n) is 3.67. The van der Waals surface area contributed by atoms with Crippen molar-refractivity contribution in [2.45, 2.75) is 25.8 Å².